The first-order valence-corrected chi connectivity index (χ1v) is 7.58. The van der Waals surface area contributed by atoms with Gasteiger partial charge in [0.05, 0.1) is 24.1 Å². The number of ether oxygens (including phenoxy) is 2. The number of hydrogen-bond acceptors (Lipinski definition) is 4. The van der Waals surface area contributed by atoms with Crippen molar-refractivity contribution in [3.8, 4) is 5.75 Å². The standard InChI is InChI=1S/C15H15ClF2N2O4/c1-2-23-13(21)11-9(7-16)19-15(22)20-12(11)8-5-3-4-6-10(8)24-14(17)18/h3-6,12,14H,2,7H2,1H3,(H2,19,20,22)/t12-/m1/s1. The molecule has 0 fully saturated rings. The topological polar surface area (TPSA) is 76.7 Å². The molecule has 0 spiro atoms. The highest BCUT2D eigenvalue weighted by Gasteiger charge is 2.35. The molecule has 0 radical (unpaired) electrons. The number of benzene rings is 1. The minimum Gasteiger partial charge on any atom is -0.463 e. The van der Waals surface area contributed by atoms with E-state index in [1.165, 1.54) is 18.2 Å². The van der Waals surface area contributed by atoms with E-state index in [1.807, 2.05) is 0 Å². The number of carbonyl (C=O) groups excluding carboxylic acids is 2. The number of carbonyl (C=O) groups is 2. The van der Waals surface area contributed by atoms with Gasteiger partial charge in [0.25, 0.3) is 0 Å². The Morgan fingerprint density at radius 2 is 2.08 bits per heavy atom. The van der Waals surface area contributed by atoms with Gasteiger partial charge in [0.2, 0.25) is 0 Å². The molecule has 0 saturated heterocycles. The molecule has 0 bridgehead atoms. The molecule has 1 aliphatic rings. The summed E-state index contributed by atoms with van der Waals surface area (Å²) in [5, 5.41) is 4.93. The third-order valence-electron chi connectivity index (χ3n) is 3.23. The van der Waals surface area contributed by atoms with Gasteiger partial charge in [0.1, 0.15) is 5.75 Å². The predicted molar refractivity (Wildman–Crippen MR) is 81.9 cm³/mol. The second-order valence-corrected chi connectivity index (χ2v) is 4.96. The molecule has 1 aromatic carbocycles. The molecule has 0 unspecified atom stereocenters. The van der Waals surface area contributed by atoms with Gasteiger partial charge in [-0.05, 0) is 13.0 Å². The molecule has 2 rings (SSSR count). The van der Waals surface area contributed by atoms with Gasteiger partial charge in [0, 0.05) is 11.3 Å². The van der Waals surface area contributed by atoms with Gasteiger partial charge in [-0.1, -0.05) is 18.2 Å². The van der Waals surface area contributed by atoms with Gasteiger partial charge in [-0.2, -0.15) is 8.78 Å². The normalized spacial score (nSPS) is 17.4. The molecule has 0 aromatic heterocycles. The summed E-state index contributed by atoms with van der Waals surface area (Å²) < 4.78 is 34.7. The molecule has 1 heterocycles. The largest absolute Gasteiger partial charge is 0.463 e. The van der Waals surface area contributed by atoms with E-state index in [1.54, 1.807) is 13.0 Å². The number of rotatable bonds is 6. The number of urea groups is 1. The molecule has 2 amide bonds. The fraction of sp³-hybridized carbons (Fsp3) is 0.333. The van der Waals surface area contributed by atoms with Gasteiger partial charge in [-0.25, -0.2) is 9.59 Å². The number of halogens is 3. The van der Waals surface area contributed by atoms with Crippen molar-refractivity contribution in [2.24, 2.45) is 0 Å². The molecular formula is C15H15ClF2N2O4. The Balaban J connectivity index is 2.53. The van der Waals surface area contributed by atoms with Crippen molar-refractivity contribution >= 4 is 23.6 Å². The molecule has 0 saturated carbocycles. The fourth-order valence-electron chi connectivity index (χ4n) is 2.33. The van der Waals surface area contributed by atoms with Crippen LogP contribution >= 0.6 is 11.6 Å². The molecule has 6 nitrogen and oxygen atoms in total. The summed E-state index contributed by atoms with van der Waals surface area (Å²) in [6, 6.07) is 4.22. The van der Waals surface area contributed by atoms with Crippen LogP contribution in [0.25, 0.3) is 0 Å². The maximum atomic E-state index is 12.6. The lowest BCUT2D eigenvalue weighted by molar-refractivity contribution is -0.139. The van der Waals surface area contributed by atoms with Gasteiger partial charge in [-0.15, -0.1) is 11.6 Å². The molecule has 1 aromatic rings. The Labute approximate surface area is 141 Å². The van der Waals surface area contributed by atoms with Crippen molar-refractivity contribution in [2.75, 3.05) is 12.5 Å². The van der Waals surface area contributed by atoms with E-state index in [4.69, 9.17) is 16.3 Å². The minimum absolute atomic E-state index is 0.0387. The smallest absolute Gasteiger partial charge is 0.387 e. The van der Waals surface area contributed by atoms with Crippen LogP contribution in [0.15, 0.2) is 35.5 Å². The van der Waals surface area contributed by atoms with Gasteiger partial charge in [0.15, 0.2) is 0 Å². The van der Waals surface area contributed by atoms with Crippen LogP contribution in [0.3, 0.4) is 0 Å². The first-order valence-electron chi connectivity index (χ1n) is 7.05. The third kappa shape index (κ3) is 3.94. The zero-order valence-corrected chi connectivity index (χ0v) is 13.4. The number of amides is 2. The number of alkyl halides is 3. The van der Waals surface area contributed by atoms with E-state index in [0.717, 1.165) is 0 Å². The first-order chi connectivity index (χ1) is 11.5. The van der Waals surface area contributed by atoms with Crippen LogP contribution in [0.4, 0.5) is 13.6 Å². The van der Waals surface area contributed by atoms with Crippen LogP contribution < -0.4 is 15.4 Å². The number of nitrogens with one attached hydrogen (secondary N) is 2. The Bertz CT molecular complexity index is 667. The van der Waals surface area contributed by atoms with E-state index >= 15 is 0 Å². The van der Waals surface area contributed by atoms with E-state index in [-0.39, 0.29) is 35.1 Å². The van der Waals surface area contributed by atoms with Gasteiger partial charge in [-0.3, -0.25) is 0 Å². The second kappa shape index (κ2) is 7.96. The molecule has 130 valence electrons. The second-order valence-electron chi connectivity index (χ2n) is 4.69. The fourth-order valence-corrected chi connectivity index (χ4v) is 2.54. The lowest BCUT2D eigenvalue weighted by Crippen LogP contribution is -2.46. The molecular weight excluding hydrogens is 346 g/mol. The Morgan fingerprint density at radius 3 is 2.71 bits per heavy atom. The van der Waals surface area contributed by atoms with Crippen molar-refractivity contribution in [1.29, 1.82) is 0 Å². The predicted octanol–water partition coefficient (Wildman–Crippen LogP) is 2.70. The summed E-state index contributed by atoms with van der Waals surface area (Å²) in [4.78, 5) is 24.1. The van der Waals surface area contributed by atoms with Crippen molar-refractivity contribution in [3.05, 3.63) is 41.1 Å². The first kappa shape index (κ1) is 18.0. The van der Waals surface area contributed by atoms with Crippen LogP contribution in [-0.4, -0.2) is 31.1 Å². The van der Waals surface area contributed by atoms with Crippen LogP contribution in [-0.2, 0) is 9.53 Å². The SMILES string of the molecule is CCOC(=O)C1=C(CCl)NC(=O)N[C@@H]1c1ccccc1OC(F)F. The summed E-state index contributed by atoms with van der Waals surface area (Å²) in [6.45, 7) is -1.32. The summed E-state index contributed by atoms with van der Waals surface area (Å²) in [6.07, 6.45) is 0. The maximum absolute atomic E-state index is 12.6. The number of esters is 1. The molecule has 1 atom stereocenters. The summed E-state index contributed by atoms with van der Waals surface area (Å²) in [7, 11) is 0. The highest BCUT2D eigenvalue weighted by Crippen LogP contribution is 2.34. The maximum Gasteiger partial charge on any atom is 0.387 e. The zero-order chi connectivity index (χ0) is 17.7. The van der Waals surface area contributed by atoms with E-state index < -0.39 is 24.7 Å². The van der Waals surface area contributed by atoms with E-state index in [0.29, 0.717) is 0 Å². The van der Waals surface area contributed by atoms with Crippen molar-refractivity contribution in [1.82, 2.24) is 10.6 Å². The molecule has 2 N–H and O–H groups in total. The Kier molecular flexibility index (Phi) is 5.97. The van der Waals surface area contributed by atoms with E-state index in [9.17, 15) is 18.4 Å². The lowest BCUT2D eigenvalue weighted by Gasteiger charge is -2.29. The minimum atomic E-state index is -3.05. The van der Waals surface area contributed by atoms with Crippen molar-refractivity contribution in [2.45, 2.75) is 19.6 Å². The highest BCUT2D eigenvalue weighted by atomic mass is 35.5. The summed E-state index contributed by atoms with van der Waals surface area (Å²) in [5.41, 5.74) is 0.380. The monoisotopic (exact) mass is 360 g/mol. The number of para-hydroxylation sites is 1. The highest BCUT2D eigenvalue weighted by molar-refractivity contribution is 6.20. The molecule has 0 aliphatic carbocycles. The lowest BCUT2D eigenvalue weighted by atomic mass is 9.95. The average Bonchev–Trinajstić information content (AvgIpc) is 2.54. The number of hydrogen-bond donors (Lipinski definition) is 2. The quantitative estimate of drug-likeness (QED) is 0.604. The van der Waals surface area contributed by atoms with Crippen LogP contribution in [0.2, 0.25) is 0 Å². The van der Waals surface area contributed by atoms with Gasteiger partial charge >= 0.3 is 18.6 Å². The Morgan fingerprint density at radius 1 is 1.38 bits per heavy atom. The van der Waals surface area contributed by atoms with Crippen molar-refractivity contribution in [3.63, 3.8) is 0 Å². The number of allylic oxidation sites excluding steroid dienone is 1. The van der Waals surface area contributed by atoms with Crippen LogP contribution in [0.5, 0.6) is 5.75 Å². The summed E-state index contributed by atoms with van der Waals surface area (Å²) in [5.74, 6) is -1.02. The van der Waals surface area contributed by atoms with Crippen LogP contribution in [0.1, 0.15) is 18.5 Å². The third-order valence-corrected chi connectivity index (χ3v) is 3.50. The Hall–Kier alpha value is -2.35. The zero-order valence-electron chi connectivity index (χ0n) is 12.6. The van der Waals surface area contributed by atoms with Crippen molar-refractivity contribution < 1.29 is 27.8 Å². The average molecular weight is 361 g/mol. The molecule has 24 heavy (non-hydrogen) atoms. The molecule has 1 aliphatic heterocycles. The van der Waals surface area contributed by atoms with Crippen LogP contribution in [0, 0.1) is 0 Å². The van der Waals surface area contributed by atoms with E-state index in [2.05, 4.69) is 15.4 Å². The van der Waals surface area contributed by atoms with Gasteiger partial charge < -0.3 is 20.1 Å². The molecule has 9 heteroatoms. The summed E-state index contributed by atoms with van der Waals surface area (Å²) >= 11 is 5.80.